The molecule has 33 heavy (non-hydrogen) atoms. The van der Waals surface area contributed by atoms with Crippen molar-refractivity contribution in [2.24, 2.45) is 5.41 Å². The number of fused-ring (bicyclic) bond motifs is 1. The minimum absolute atomic E-state index is 0.124. The molecule has 5 rings (SSSR count). The number of methoxy groups -OCH3 is 1. The molecule has 170 valence electrons. The van der Waals surface area contributed by atoms with E-state index in [0.717, 1.165) is 72.2 Å². The second-order valence-corrected chi connectivity index (χ2v) is 9.45. The van der Waals surface area contributed by atoms with E-state index >= 15 is 0 Å². The molecule has 1 spiro atoms. The lowest BCUT2D eigenvalue weighted by molar-refractivity contribution is -0.0464. The summed E-state index contributed by atoms with van der Waals surface area (Å²) in [5.41, 5.74) is 3.11. The lowest BCUT2D eigenvalue weighted by Gasteiger charge is -2.50. The van der Waals surface area contributed by atoms with Crippen molar-refractivity contribution in [3.63, 3.8) is 0 Å². The highest BCUT2D eigenvalue weighted by Crippen LogP contribution is 2.49. The zero-order valence-electron chi connectivity index (χ0n) is 19.1. The fraction of sp³-hybridized carbons (Fsp3) is 0.423. The summed E-state index contributed by atoms with van der Waals surface area (Å²) in [6, 6.07) is 14.1. The molecule has 0 radical (unpaired) electrons. The Balaban J connectivity index is 1.41. The van der Waals surface area contributed by atoms with E-state index in [2.05, 4.69) is 32.5 Å². The molecule has 0 amide bonds. The first-order valence-electron chi connectivity index (χ1n) is 11.5. The number of benzene rings is 2. The van der Waals surface area contributed by atoms with E-state index in [1.54, 1.807) is 7.11 Å². The van der Waals surface area contributed by atoms with Crippen molar-refractivity contribution < 1.29 is 9.84 Å². The molecule has 0 atom stereocenters. The van der Waals surface area contributed by atoms with Gasteiger partial charge in [0, 0.05) is 30.4 Å². The molecule has 0 unspecified atom stereocenters. The highest BCUT2D eigenvalue weighted by molar-refractivity contribution is 5.99. The van der Waals surface area contributed by atoms with Gasteiger partial charge >= 0.3 is 0 Å². The molecule has 1 saturated carbocycles. The van der Waals surface area contributed by atoms with Crippen LogP contribution >= 0.6 is 0 Å². The third-order valence-corrected chi connectivity index (χ3v) is 7.27. The summed E-state index contributed by atoms with van der Waals surface area (Å²) in [5, 5.41) is 33.7. The Morgan fingerprint density at radius 3 is 2.61 bits per heavy atom. The summed E-state index contributed by atoms with van der Waals surface area (Å²) in [6.45, 7) is 4.45. The molecule has 2 aliphatic rings. The summed E-state index contributed by atoms with van der Waals surface area (Å²) in [7, 11) is 1.67. The smallest absolute Gasteiger partial charge is 0.159 e. The van der Waals surface area contributed by atoms with E-state index < -0.39 is 0 Å². The first kappa shape index (κ1) is 21.5. The van der Waals surface area contributed by atoms with Gasteiger partial charge in [-0.2, -0.15) is 5.26 Å². The Labute approximate surface area is 194 Å². The van der Waals surface area contributed by atoms with Gasteiger partial charge in [0.15, 0.2) is 11.6 Å². The second kappa shape index (κ2) is 8.53. The molecule has 0 bridgehead atoms. The van der Waals surface area contributed by atoms with Gasteiger partial charge in [-0.3, -0.25) is 0 Å². The molecule has 2 fully saturated rings. The van der Waals surface area contributed by atoms with Crippen LogP contribution in [0, 0.1) is 23.7 Å². The van der Waals surface area contributed by atoms with Gasteiger partial charge in [0.05, 0.1) is 24.8 Å². The number of aromatic nitrogens is 2. The minimum atomic E-state index is -0.124. The summed E-state index contributed by atoms with van der Waals surface area (Å²) < 4.78 is 5.36. The Morgan fingerprint density at radius 1 is 1.15 bits per heavy atom. The molecule has 1 aliphatic carbocycles. The Bertz CT molecular complexity index is 1220. The van der Waals surface area contributed by atoms with Gasteiger partial charge in [0.2, 0.25) is 0 Å². The number of nitrogens with one attached hydrogen (secondary N) is 1. The van der Waals surface area contributed by atoms with Crippen molar-refractivity contribution in [3.8, 4) is 11.8 Å². The fourth-order valence-electron chi connectivity index (χ4n) is 5.35. The third kappa shape index (κ3) is 4.07. The quantitative estimate of drug-likeness (QED) is 0.611. The Hall–Kier alpha value is -3.37. The van der Waals surface area contributed by atoms with Crippen LogP contribution in [0.3, 0.4) is 0 Å². The number of aryl methyl sites for hydroxylation is 1. The summed E-state index contributed by atoms with van der Waals surface area (Å²) >= 11 is 0. The fourth-order valence-corrected chi connectivity index (χ4v) is 5.35. The average molecular weight is 444 g/mol. The van der Waals surface area contributed by atoms with E-state index in [1.165, 1.54) is 0 Å². The maximum atomic E-state index is 9.77. The largest absolute Gasteiger partial charge is 0.496 e. The zero-order chi connectivity index (χ0) is 23.0. The number of hydrogen-bond donors (Lipinski definition) is 2. The average Bonchev–Trinajstić information content (AvgIpc) is 2.82. The molecule has 2 heterocycles. The van der Waals surface area contributed by atoms with Crippen LogP contribution in [-0.4, -0.2) is 41.6 Å². The van der Waals surface area contributed by atoms with Crippen LogP contribution in [-0.2, 0) is 6.54 Å². The Morgan fingerprint density at radius 2 is 1.94 bits per heavy atom. The van der Waals surface area contributed by atoms with Crippen LogP contribution in [0.1, 0.15) is 42.4 Å². The molecule has 2 aromatic carbocycles. The lowest BCUT2D eigenvalue weighted by Crippen LogP contribution is -2.49. The maximum absolute atomic E-state index is 9.77. The van der Waals surface area contributed by atoms with Crippen molar-refractivity contribution in [1.82, 2.24) is 10.2 Å². The highest BCUT2D eigenvalue weighted by Gasteiger charge is 2.45. The third-order valence-electron chi connectivity index (χ3n) is 7.27. The number of rotatable bonds is 5. The molecule has 1 saturated heterocycles. The number of nitriles is 1. The molecule has 7 heteroatoms. The van der Waals surface area contributed by atoms with E-state index in [1.807, 2.05) is 37.3 Å². The Kier molecular flexibility index (Phi) is 5.55. The minimum Gasteiger partial charge on any atom is -0.496 e. The van der Waals surface area contributed by atoms with Crippen molar-refractivity contribution in [3.05, 3.63) is 53.1 Å². The van der Waals surface area contributed by atoms with Crippen molar-refractivity contribution >= 4 is 22.4 Å². The predicted octanol–water partition coefficient (Wildman–Crippen LogP) is 4.17. The monoisotopic (exact) mass is 443 g/mol. The van der Waals surface area contributed by atoms with Crippen LogP contribution in [0.25, 0.3) is 10.8 Å². The maximum Gasteiger partial charge on any atom is 0.159 e. The van der Waals surface area contributed by atoms with Gasteiger partial charge in [0.25, 0.3) is 0 Å². The summed E-state index contributed by atoms with van der Waals surface area (Å²) in [4.78, 5) is 2.30. The summed E-state index contributed by atoms with van der Waals surface area (Å²) in [6.07, 6.45) is 3.86. The van der Waals surface area contributed by atoms with Crippen LogP contribution in [0.15, 0.2) is 36.4 Å². The molecule has 1 aromatic heterocycles. The van der Waals surface area contributed by atoms with Crippen molar-refractivity contribution in [2.45, 2.75) is 45.3 Å². The number of hydrogen-bond acceptors (Lipinski definition) is 7. The van der Waals surface area contributed by atoms with Crippen molar-refractivity contribution in [1.29, 1.82) is 5.26 Å². The van der Waals surface area contributed by atoms with E-state index in [0.29, 0.717) is 23.3 Å². The van der Waals surface area contributed by atoms with Crippen LogP contribution < -0.4 is 15.0 Å². The van der Waals surface area contributed by atoms with Crippen LogP contribution in [0.5, 0.6) is 5.75 Å². The predicted molar refractivity (Wildman–Crippen MR) is 128 cm³/mol. The van der Waals surface area contributed by atoms with E-state index in [9.17, 15) is 10.4 Å². The van der Waals surface area contributed by atoms with Gasteiger partial charge < -0.3 is 20.1 Å². The number of aliphatic hydroxyl groups excluding tert-OH is 1. The van der Waals surface area contributed by atoms with Gasteiger partial charge in [-0.1, -0.05) is 12.1 Å². The standard InChI is InChI=1S/C26H29N5O2/c1-17-11-19(4-6-23(17)33-2)16-28-24-22-12-18(15-27)3-5-21(22)25(30-29-24)31-9-7-26(8-10-31)13-20(32)14-26/h3-6,11-12,20,32H,7-10,13-14,16H2,1-2H3,(H,28,29). The molecule has 1 aliphatic heterocycles. The molecular formula is C26H29N5O2. The number of anilines is 2. The molecular weight excluding hydrogens is 414 g/mol. The van der Waals surface area contributed by atoms with Gasteiger partial charge in [-0.15, -0.1) is 10.2 Å². The SMILES string of the molecule is COc1ccc(CNc2nnc(N3CCC4(CC3)CC(O)C4)c3ccc(C#N)cc23)cc1C. The number of aliphatic hydroxyl groups is 1. The van der Waals surface area contributed by atoms with Crippen LogP contribution in [0.2, 0.25) is 0 Å². The second-order valence-electron chi connectivity index (χ2n) is 9.45. The molecule has 2 N–H and O–H groups in total. The zero-order valence-corrected chi connectivity index (χ0v) is 19.1. The lowest BCUT2D eigenvalue weighted by atomic mass is 9.61. The number of nitrogens with zero attached hydrogens (tertiary/aromatic N) is 4. The van der Waals surface area contributed by atoms with Gasteiger partial charge in [-0.25, -0.2) is 0 Å². The van der Waals surface area contributed by atoms with Gasteiger partial charge in [0.1, 0.15) is 5.75 Å². The first-order valence-corrected chi connectivity index (χ1v) is 11.5. The number of ether oxygens (including phenoxy) is 1. The highest BCUT2D eigenvalue weighted by atomic mass is 16.5. The summed E-state index contributed by atoms with van der Waals surface area (Å²) in [5.74, 6) is 2.41. The van der Waals surface area contributed by atoms with Crippen LogP contribution in [0.4, 0.5) is 11.6 Å². The van der Waals surface area contributed by atoms with E-state index in [4.69, 9.17) is 4.74 Å². The molecule has 7 nitrogen and oxygen atoms in total. The molecule has 3 aromatic rings. The normalized spacial score (nSPS) is 17.6. The number of piperidine rings is 1. The van der Waals surface area contributed by atoms with Crippen molar-refractivity contribution in [2.75, 3.05) is 30.4 Å². The van der Waals surface area contributed by atoms with E-state index in [-0.39, 0.29) is 6.10 Å². The first-order chi connectivity index (χ1) is 16.0. The van der Waals surface area contributed by atoms with Gasteiger partial charge in [-0.05, 0) is 73.4 Å². The topological polar surface area (TPSA) is 94.3 Å².